The Morgan fingerprint density at radius 2 is 1.76 bits per heavy atom. The fourth-order valence-electron chi connectivity index (χ4n) is 1.85. The highest BCUT2D eigenvalue weighted by Crippen LogP contribution is 2.25. The largest absolute Gasteiger partial charge is 0.506 e. The number of anilines is 1. The van der Waals surface area contributed by atoms with E-state index >= 15 is 0 Å². The number of nitrogens with one attached hydrogen (secondary N) is 3. The first-order chi connectivity index (χ1) is 11.9. The fourth-order valence-corrected chi connectivity index (χ4v) is 2.55. The second kappa shape index (κ2) is 8.06. The first kappa shape index (κ1) is 18.1. The lowest BCUT2D eigenvalue weighted by Gasteiger charge is -2.08. The first-order valence-corrected chi connectivity index (χ1v) is 7.94. The minimum atomic E-state index is -1.17. The molecule has 5 N–H and O–H groups in total. The van der Waals surface area contributed by atoms with Crippen LogP contribution in [0.15, 0.2) is 52.5 Å². The second-order valence-corrected chi connectivity index (χ2v) is 5.91. The van der Waals surface area contributed by atoms with Gasteiger partial charge in [0.15, 0.2) is 5.84 Å². The highest BCUT2D eigenvalue weighted by molar-refractivity contribution is 8.00. The Labute approximate surface area is 146 Å². The molecule has 0 radical (unpaired) electrons. The van der Waals surface area contributed by atoms with Gasteiger partial charge in [-0.25, -0.2) is 10.3 Å². The van der Waals surface area contributed by atoms with Crippen LogP contribution in [0.4, 0.5) is 5.69 Å². The molecule has 25 heavy (non-hydrogen) atoms. The van der Waals surface area contributed by atoms with Gasteiger partial charge in [0.05, 0.1) is 17.0 Å². The topological polar surface area (TPSA) is 147 Å². The van der Waals surface area contributed by atoms with Crippen molar-refractivity contribution in [1.29, 1.82) is 10.9 Å². The number of aromatic hydroxyl groups is 1. The van der Waals surface area contributed by atoms with Gasteiger partial charge in [0.1, 0.15) is 5.75 Å². The molecule has 0 bridgehead atoms. The van der Waals surface area contributed by atoms with E-state index in [1.165, 1.54) is 23.9 Å². The number of phenolic OH excluding ortho intramolecular Hbond substituents is 1. The van der Waals surface area contributed by atoms with E-state index in [1.54, 1.807) is 24.3 Å². The molecule has 2 rings (SSSR count). The standard InChI is InChI=1S/C16H14N4O4S/c17-14(20-18)8-25-11-4-1-9(2-5-11)15(22)19-12-6-3-10(16(23)24)7-13(12)21/h1-7,17-18,21H,8H2,(H,19,22)(H,23,24). The summed E-state index contributed by atoms with van der Waals surface area (Å²) in [7, 11) is 0. The van der Waals surface area contributed by atoms with Crippen molar-refractivity contribution in [2.45, 2.75) is 4.90 Å². The number of amidine groups is 1. The number of benzene rings is 2. The summed E-state index contributed by atoms with van der Waals surface area (Å²) in [4.78, 5) is 23.8. The van der Waals surface area contributed by atoms with Crippen molar-refractivity contribution < 1.29 is 19.8 Å². The summed E-state index contributed by atoms with van der Waals surface area (Å²) >= 11 is 1.32. The van der Waals surface area contributed by atoms with Crippen molar-refractivity contribution in [3.63, 3.8) is 0 Å². The van der Waals surface area contributed by atoms with Crippen LogP contribution in [0.25, 0.3) is 0 Å². The zero-order valence-electron chi connectivity index (χ0n) is 12.8. The Kier molecular flexibility index (Phi) is 5.85. The number of phenols is 1. The number of aromatic carboxylic acids is 1. The molecule has 0 aliphatic rings. The molecule has 0 fully saturated rings. The number of hydrogen-bond donors (Lipinski definition) is 5. The number of rotatable bonds is 6. The van der Waals surface area contributed by atoms with E-state index in [0.717, 1.165) is 11.0 Å². The lowest BCUT2D eigenvalue weighted by molar-refractivity contribution is 0.0696. The van der Waals surface area contributed by atoms with Gasteiger partial charge in [0.2, 0.25) is 0 Å². The third-order valence-corrected chi connectivity index (χ3v) is 4.14. The smallest absolute Gasteiger partial charge is 0.335 e. The molecular formula is C16H14N4O4S. The molecule has 9 heteroatoms. The van der Waals surface area contributed by atoms with Crippen LogP contribution in [0.1, 0.15) is 20.7 Å². The lowest BCUT2D eigenvalue weighted by atomic mass is 10.1. The Balaban J connectivity index is 2.04. The third kappa shape index (κ3) is 4.88. The molecule has 8 nitrogen and oxygen atoms in total. The molecule has 0 unspecified atom stereocenters. The van der Waals surface area contributed by atoms with Crippen molar-refractivity contribution >= 4 is 35.2 Å². The molecule has 0 saturated heterocycles. The normalized spacial score (nSPS) is 10.1. The molecule has 0 spiro atoms. The molecule has 0 saturated carbocycles. The monoisotopic (exact) mass is 358 g/mol. The maximum absolute atomic E-state index is 12.2. The Bertz CT molecular complexity index is 837. The molecule has 2 aromatic carbocycles. The average Bonchev–Trinajstić information content (AvgIpc) is 2.61. The number of nitrogens with zero attached hydrogens (tertiary/aromatic N) is 1. The van der Waals surface area contributed by atoms with Gasteiger partial charge in [-0.05, 0) is 42.5 Å². The minimum absolute atomic E-state index is 0.0490. The van der Waals surface area contributed by atoms with Crippen LogP contribution in [0.3, 0.4) is 0 Å². The lowest BCUT2D eigenvalue weighted by Crippen LogP contribution is -2.12. The summed E-state index contributed by atoms with van der Waals surface area (Å²) in [6.07, 6.45) is 0. The summed E-state index contributed by atoms with van der Waals surface area (Å²) in [5.41, 5.74) is 7.09. The van der Waals surface area contributed by atoms with Gasteiger partial charge < -0.3 is 15.5 Å². The van der Waals surface area contributed by atoms with Crippen LogP contribution in [-0.2, 0) is 0 Å². The van der Waals surface area contributed by atoms with Gasteiger partial charge in [-0.1, -0.05) is 0 Å². The van der Waals surface area contributed by atoms with E-state index in [2.05, 4.69) is 10.4 Å². The van der Waals surface area contributed by atoms with Crippen LogP contribution in [-0.4, -0.2) is 33.7 Å². The molecule has 1 amide bonds. The molecule has 0 aliphatic heterocycles. The zero-order valence-corrected chi connectivity index (χ0v) is 13.6. The molecule has 0 heterocycles. The van der Waals surface area contributed by atoms with E-state index in [-0.39, 0.29) is 28.6 Å². The van der Waals surface area contributed by atoms with E-state index in [1.807, 2.05) is 0 Å². The van der Waals surface area contributed by atoms with Gasteiger partial charge >= 0.3 is 5.97 Å². The van der Waals surface area contributed by atoms with Crippen LogP contribution in [0, 0.1) is 10.9 Å². The molecule has 128 valence electrons. The van der Waals surface area contributed by atoms with Crippen LogP contribution in [0.5, 0.6) is 5.75 Å². The van der Waals surface area contributed by atoms with Gasteiger partial charge in [0, 0.05) is 10.5 Å². The van der Waals surface area contributed by atoms with Crippen LogP contribution in [0.2, 0.25) is 0 Å². The highest BCUT2D eigenvalue weighted by Gasteiger charge is 2.12. The van der Waals surface area contributed by atoms with E-state index in [9.17, 15) is 14.7 Å². The maximum atomic E-state index is 12.2. The predicted octanol–water partition coefficient (Wildman–Crippen LogP) is 3.44. The van der Waals surface area contributed by atoms with Gasteiger partial charge in [-0.3, -0.25) is 10.2 Å². The maximum Gasteiger partial charge on any atom is 0.335 e. The number of thioether (sulfide) groups is 1. The number of carbonyl (C=O) groups is 2. The van der Waals surface area contributed by atoms with Crippen molar-refractivity contribution in [3.8, 4) is 5.75 Å². The average molecular weight is 358 g/mol. The Hall–Kier alpha value is -3.20. The molecule has 0 aliphatic carbocycles. The predicted molar refractivity (Wildman–Crippen MR) is 93.1 cm³/mol. The number of carbonyl (C=O) groups excluding carboxylic acids is 1. The van der Waals surface area contributed by atoms with Crippen molar-refractivity contribution in [2.75, 3.05) is 11.1 Å². The quantitative estimate of drug-likeness (QED) is 0.176. The van der Waals surface area contributed by atoms with Gasteiger partial charge in [-0.15, -0.1) is 16.9 Å². The number of hydrogen-bond acceptors (Lipinski definition) is 6. The Morgan fingerprint density at radius 3 is 2.32 bits per heavy atom. The van der Waals surface area contributed by atoms with E-state index in [4.69, 9.17) is 16.0 Å². The minimum Gasteiger partial charge on any atom is -0.506 e. The molecular weight excluding hydrogens is 344 g/mol. The summed E-state index contributed by atoms with van der Waals surface area (Å²) in [5.74, 6) is -1.75. The van der Waals surface area contributed by atoms with Crippen molar-refractivity contribution in [1.82, 2.24) is 0 Å². The summed E-state index contributed by atoms with van der Waals surface area (Å²) in [6.45, 7) is 0. The zero-order chi connectivity index (χ0) is 18.4. The molecule has 2 aromatic rings. The fraction of sp³-hybridized carbons (Fsp3) is 0.0625. The van der Waals surface area contributed by atoms with Crippen molar-refractivity contribution in [2.24, 2.45) is 5.11 Å². The number of carboxylic acid groups (broad SMARTS) is 1. The van der Waals surface area contributed by atoms with Crippen LogP contribution < -0.4 is 5.32 Å². The van der Waals surface area contributed by atoms with Gasteiger partial charge in [-0.2, -0.15) is 0 Å². The second-order valence-electron chi connectivity index (χ2n) is 4.86. The number of amides is 1. The third-order valence-electron chi connectivity index (χ3n) is 3.12. The Morgan fingerprint density at radius 1 is 1.12 bits per heavy atom. The SMILES string of the molecule is N=NC(=N)CSc1ccc(C(=O)Nc2ccc(C(=O)O)cc2O)cc1. The van der Waals surface area contributed by atoms with Crippen molar-refractivity contribution in [3.05, 3.63) is 53.6 Å². The molecule has 0 aromatic heterocycles. The van der Waals surface area contributed by atoms with Crippen LogP contribution >= 0.6 is 11.8 Å². The summed E-state index contributed by atoms with van der Waals surface area (Å²) in [6, 6.07) is 10.2. The summed E-state index contributed by atoms with van der Waals surface area (Å²) < 4.78 is 0. The molecule has 0 atom stereocenters. The first-order valence-electron chi connectivity index (χ1n) is 6.96. The van der Waals surface area contributed by atoms with E-state index in [0.29, 0.717) is 5.56 Å². The van der Waals surface area contributed by atoms with E-state index < -0.39 is 11.9 Å². The number of carboxylic acids is 1. The summed E-state index contributed by atoms with van der Waals surface area (Å²) in [5, 5.41) is 31.5. The van der Waals surface area contributed by atoms with Gasteiger partial charge in [0.25, 0.3) is 5.91 Å². The highest BCUT2D eigenvalue weighted by atomic mass is 32.2.